The summed E-state index contributed by atoms with van der Waals surface area (Å²) in [5, 5.41) is 7.32. The Morgan fingerprint density at radius 1 is 0.958 bits per heavy atom. The van der Waals surface area contributed by atoms with E-state index in [9.17, 15) is 4.79 Å². The lowest BCUT2D eigenvalue weighted by atomic mass is 10.2. The minimum atomic E-state index is 0.0356. The number of rotatable bonds is 5. The molecule has 0 aromatic heterocycles. The largest absolute Gasteiger partial charge is 0.339 e. The van der Waals surface area contributed by atoms with Gasteiger partial charge in [0, 0.05) is 35.1 Å². The summed E-state index contributed by atoms with van der Waals surface area (Å²) in [6, 6.07) is 14.6. The Labute approximate surface area is 152 Å². The van der Waals surface area contributed by atoms with E-state index in [1.54, 1.807) is 29.2 Å². The first-order valence-electron chi connectivity index (χ1n) is 7.76. The fourth-order valence-electron chi connectivity index (χ4n) is 2.22. The zero-order valence-electron chi connectivity index (χ0n) is 13.7. The third-order valence-electron chi connectivity index (χ3n) is 3.54. The second-order valence-electron chi connectivity index (χ2n) is 5.14. The molecule has 6 heteroatoms. The molecular formula is C18H20ClN3OS. The van der Waals surface area contributed by atoms with E-state index in [-0.39, 0.29) is 5.91 Å². The number of thiocarbonyl (C=S) groups is 1. The van der Waals surface area contributed by atoms with Crippen molar-refractivity contribution in [3.8, 4) is 0 Å². The summed E-state index contributed by atoms with van der Waals surface area (Å²) >= 11 is 11.1. The van der Waals surface area contributed by atoms with E-state index in [0.29, 0.717) is 28.8 Å². The highest BCUT2D eigenvalue weighted by Crippen LogP contribution is 2.15. The average molecular weight is 362 g/mol. The van der Waals surface area contributed by atoms with Gasteiger partial charge < -0.3 is 15.5 Å². The van der Waals surface area contributed by atoms with Gasteiger partial charge in [-0.25, -0.2) is 0 Å². The maximum absolute atomic E-state index is 12.3. The summed E-state index contributed by atoms with van der Waals surface area (Å²) in [7, 11) is 0. The van der Waals surface area contributed by atoms with Crippen molar-refractivity contribution in [2.45, 2.75) is 13.8 Å². The number of hydrogen-bond acceptors (Lipinski definition) is 2. The van der Waals surface area contributed by atoms with Crippen molar-refractivity contribution in [1.29, 1.82) is 0 Å². The standard InChI is InChI=1S/C18H20ClN3OS/c1-3-22(4-2)17(23)13-5-9-15(10-6-13)20-18(24)21-16-11-7-14(19)8-12-16/h5-12H,3-4H2,1-2H3,(H2,20,21,24). The molecule has 2 rings (SSSR count). The second kappa shape index (κ2) is 8.66. The zero-order valence-corrected chi connectivity index (χ0v) is 15.2. The fraction of sp³-hybridized carbons (Fsp3) is 0.222. The molecule has 0 atom stereocenters. The summed E-state index contributed by atoms with van der Waals surface area (Å²) in [6.07, 6.45) is 0. The number of benzene rings is 2. The molecule has 0 aliphatic rings. The smallest absolute Gasteiger partial charge is 0.253 e. The van der Waals surface area contributed by atoms with Gasteiger partial charge in [-0.05, 0) is 74.6 Å². The third kappa shape index (κ3) is 4.94. The van der Waals surface area contributed by atoms with Crippen LogP contribution in [0, 0.1) is 0 Å². The number of carbonyl (C=O) groups is 1. The van der Waals surface area contributed by atoms with Gasteiger partial charge in [0.25, 0.3) is 5.91 Å². The molecule has 0 aliphatic heterocycles. The maximum atomic E-state index is 12.3. The average Bonchev–Trinajstić information content (AvgIpc) is 2.58. The minimum absolute atomic E-state index is 0.0356. The lowest BCUT2D eigenvalue weighted by molar-refractivity contribution is 0.0773. The summed E-state index contributed by atoms with van der Waals surface area (Å²) in [5.41, 5.74) is 2.34. The van der Waals surface area contributed by atoms with E-state index in [0.717, 1.165) is 11.4 Å². The van der Waals surface area contributed by atoms with Crippen molar-refractivity contribution in [1.82, 2.24) is 4.90 Å². The van der Waals surface area contributed by atoms with Crippen LogP contribution < -0.4 is 10.6 Å². The highest BCUT2D eigenvalue weighted by molar-refractivity contribution is 7.80. The Balaban J connectivity index is 1.97. The van der Waals surface area contributed by atoms with E-state index in [2.05, 4.69) is 10.6 Å². The monoisotopic (exact) mass is 361 g/mol. The van der Waals surface area contributed by atoms with Gasteiger partial charge in [0.1, 0.15) is 0 Å². The second-order valence-corrected chi connectivity index (χ2v) is 5.99. The molecule has 0 saturated carbocycles. The first-order valence-corrected chi connectivity index (χ1v) is 8.55. The van der Waals surface area contributed by atoms with Crippen LogP contribution in [0.15, 0.2) is 48.5 Å². The van der Waals surface area contributed by atoms with E-state index in [1.807, 2.05) is 38.1 Å². The Morgan fingerprint density at radius 2 is 1.42 bits per heavy atom. The number of nitrogens with one attached hydrogen (secondary N) is 2. The predicted molar refractivity (Wildman–Crippen MR) is 105 cm³/mol. The molecule has 24 heavy (non-hydrogen) atoms. The van der Waals surface area contributed by atoms with E-state index in [1.165, 1.54) is 0 Å². The van der Waals surface area contributed by atoms with Crippen molar-refractivity contribution in [2.75, 3.05) is 23.7 Å². The van der Waals surface area contributed by atoms with Gasteiger partial charge in [0.15, 0.2) is 5.11 Å². The number of anilines is 2. The molecule has 0 saturated heterocycles. The molecular weight excluding hydrogens is 342 g/mol. The first-order chi connectivity index (χ1) is 11.5. The molecule has 2 aromatic carbocycles. The van der Waals surface area contributed by atoms with Crippen LogP contribution in [-0.2, 0) is 0 Å². The van der Waals surface area contributed by atoms with Crippen molar-refractivity contribution in [2.24, 2.45) is 0 Å². The van der Waals surface area contributed by atoms with Crippen LogP contribution in [0.1, 0.15) is 24.2 Å². The maximum Gasteiger partial charge on any atom is 0.253 e. The molecule has 2 aromatic rings. The number of hydrogen-bond donors (Lipinski definition) is 2. The molecule has 0 spiro atoms. The molecule has 0 radical (unpaired) electrons. The molecule has 1 amide bonds. The number of nitrogens with zero attached hydrogens (tertiary/aromatic N) is 1. The van der Waals surface area contributed by atoms with E-state index < -0.39 is 0 Å². The van der Waals surface area contributed by atoms with Crippen molar-refractivity contribution >= 4 is 46.2 Å². The van der Waals surface area contributed by atoms with Gasteiger partial charge in [-0.15, -0.1) is 0 Å². The van der Waals surface area contributed by atoms with Gasteiger partial charge in [-0.2, -0.15) is 0 Å². The van der Waals surface area contributed by atoms with Crippen LogP contribution in [0.3, 0.4) is 0 Å². The van der Waals surface area contributed by atoms with Crippen molar-refractivity contribution in [3.05, 3.63) is 59.1 Å². The summed E-state index contributed by atoms with van der Waals surface area (Å²) in [5.74, 6) is 0.0356. The summed E-state index contributed by atoms with van der Waals surface area (Å²) in [6.45, 7) is 5.34. The highest BCUT2D eigenvalue weighted by Gasteiger charge is 2.12. The van der Waals surface area contributed by atoms with Gasteiger partial charge >= 0.3 is 0 Å². The first kappa shape index (κ1) is 18.2. The van der Waals surface area contributed by atoms with Gasteiger partial charge in [0.2, 0.25) is 0 Å². The van der Waals surface area contributed by atoms with Crippen LogP contribution in [0.4, 0.5) is 11.4 Å². The van der Waals surface area contributed by atoms with Crippen LogP contribution in [0.2, 0.25) is 5.02 Å². The minimum Gasteiger partial charge on any atom is -0.339 e. The van der Waals surface area contributed by atoms with Gasteiger partial charge in [-0.1, -0.05) is 11.6 Å². The normalized spacial score (nSPS) is 10.1. The Bertz CT molecular complexity index is 697. The Kier molecular flexibility index (Phi) is 6.58. The number of halogens is 1. The summed E-state index contributed by atoms with van der Waals surface area (Å²) in [4.78, 5) is 14.1. The molecule has 0 unspecified atom stereocenters. The number of amides is 1. The van der Waals surface area contributed by atoms with Gasteiger partial charge in [-0.3, -0.25) is 4.79 Å². The quantitative estimate of drug-likeness (QED) is 0.762. The van der Waals surface area contributed by atoms with Crippen LogP contribution in [0.25, 0.3) is 0 Å². The highest BCUT2D eigenvalue weighted by atomic mass is 35.5. The van der Waals surface area contributed by atoms with Crippen LogP contribution >= 0.6 is 23.8 Å². The van der Waals surface area contributed by atoms with Crippen molar-refractivity contribution < 1.29 is 4.79 Å². The third-order valence-corrected chi connectivity index (χ3v) is 4.00. The SMILES string of the molecule is CCN(CC)C(=O)c1ccc(NC(=S)Nc2ccc(Cl)cc2)cc1. The van der Waals surface area contributed by atoms with Crippen LogP contribution in [-0.4, -0.2) is 29.0 Å². The lowest BCUT2D eigenvalue weighted by Crippen LogP contribution is -2.30. The number of carbonyl (C=O) groups excluding carboxylic acids is 1. The molecule has 0 bridgehead atoms. The zero-order chi connectivity index (χ0) is 17.5. The Hall–Kier alpha value is -2.11. The summed E-state index contributed by atoms with van der Waals surface area (Å²) < 4.78 is 0. The van der Waals surface area contributed by atoms with Gasteiger partial charge in [0.05, 0.1) is 0 Å². The van der Waals surface area contributed by atoms with E-state index >= 15 is 0 Å². The van der Waals surface area contributed by atoms with Crippen LogP contribution in [0.5, 0.6) is 0 Å². The van der Waals surface area contributed by atoms with E-state index in [4.69, 9.17) is 23.8 Å². The molecule has 0 aliphatic carbocycles. The topological polar surface area (TPSA) is 44.4 Å². The molecule has 2 N–H and O–H groups in total. The molecule has 0 fully saturated rings. The molecule has 0 heterocycles. The van der Waals surface area contributed by atoms with Crippen molar-refractivity contribution in [3.63, 3.8) is 0 Å². The molecule has 126 valence electrons. The lowest BCUT2D eigenvalue weighted by Gasteiger charge is -2.18. The predicted octanol–water partition coefficient (Wildman–Crippen LogP) is 4.63. The Morgan fingerprint density at radius 3 is 1.88 bits per heavy atom. The molecule has 4 nitrogen and oxygen atoms in total. The fourth-order valence-corrected chi connectivity index (χ4v) is 2.58.